The number of hydrogen-bond donors (Lipinski definition) is 0. The zero-order chi connectivity index (χ0) is 36.6. The normalized spacial score (nSPS) is 11.6. The molecule has 0 unspecified atom stereocenters. The van der Waals surface area contributed by atoms with E-state index in [0.29, 0.717) is 11.1 Å². The van der Waals surface area contributed by atoms with E-state index in [4.69, 9.17) is 0 Å². The van der Waals surface area contributed by atoms with Gasteiger partial charge in [-0.05, 0) is 77.9 Å². The van der Waals surface area contributed by atoms with Gasteiger partial charge in [0.15, 0.2) is 0 Å². The Hall–Kier alpha value is -7.86. The smallest absolute Gasteiger partial charge is 0.101 e. The average molecular weight is 700 g/mol. The van der Waals surface area contributed by atoms with Crippen molar-refractivity contribution in [1.29, 1.82) is 10.5 Å². The molecule has 8 aromatic carbocycles. The Morgan fingerprint density at radius 2 is 0.855 bits per heavy atom. The number of fused-ring (bicyclic) bond motifs is 9. The predicted octanol–water partition coefficient (Wildman–Crippen LogP) is 12.4. The van der Waals surface area contributed by atoms with Gasteiger partial charge in [-0.15, -0.1) is 0 Å². The molecular weight excluding hydrogens is 671 g/mol. The van der Waals surface area contributed by atoms with Crippen molar-refractivity contribution in [1.82, 2.24) is 13.7 Å². The van der Waals surface area contributed by atoms with E-state index >= 15 is 0 Å². The second-order valence-corrected chi connectivity index (χ2v) is 14.0. The Kier molecular flexibility index (Phi) is 6.61. The lowest BCUT2D eigenvalue weighted by atomic mass is 10.0. The Balaban J connectivity index is 1.16. The van der Waals surface area contributed by atoms with Crippen LogP contribution in [-0.2, 0) is 0 Å². The zero-order valence-electron chi connectivity index (χ0n) is 29.5. The predicted molar refractivity (Wildman–Crippen MR) is 224 cm³/mol. The highest BCUT2D eigenvalue weighted by molar-refractivity contribution is 6.15. The van der Waals surface area contributed by atoms with Crippen molar-refractivity contribution in [2.24, 2.45) is 0 Å². The van der Waals surface area contributed by atoms with Crippen LogP contribution < -0.4 is 0 Å². The van der Waals surface area contributed by atoms with Crippen molar-refractivity contribution in [2.45, 2.75) is 0 Å². The highest BCUT2D eigenvalue weighted by Gasteiger charge is 2.21. The highest BCUT2D eigenvalue weighted by Crippen LogP contribution is 2.41. The summed E-state index contributed by atoms with van der Waals surface area (Å²) in [5, 5.41) is 27.2. The second kappa shape index (κ2) is 11.8. The van der Waals surface area contributed by atoms with Gasteiger partial charge < -0.3 is 13.7 Å². The number of rotatable bonds is 4. The van der Waals surface area contributed by atoms with Gasteiger partial charge in [0.05, 0.1) is 61.7 Å². The molecular formula is C50H29N5. The molecule has 11 aromatic rings. The minimum atomic E-state index is 0.558. The van der Waals surface area contributed by atoms with Gasteiger partial charge in [0, 0.05) is 38.0 Å². The average Bonchev–Trinajstić information content (AvgIpc) is 3.89. The van der Waals surface area contributed by atoms with E-state index in [0.717, 1.165) is 61.0 Å². The molecule has 0 saturated carbocycles. The summed E-state index contributed by atoms with van der Waals surface area (Å²) in [4.78, 5) is 0. The van der Waals surface area contributed by atoms with Gasteiger partial charge in [0.2, 0.25) is 0 Å². The van der Waals surface area contributed by atoms with E-state index in [1.807, 2.05) is 48.5 Å². The fourth-order valence-corrected chi connectivity index (χ4v) is 8.82. The summed E-state index contributed by atoms with van der Waals surface area (Å²) in [6.07, 6.45) is 0. The van der Waals surface area contributed by atoms with Crippen LogP contribution in [0.1, 0.15) is 11.1 Å². The van der Waals surface area contributed by atoms with Crippen LogP contribution in [-0.4, -0.2) is 13.7 Å². The quantitative estimate of drug-likeness (QED) is 0.184. The number of nitrogens with zero attached hydrogens (tertiary/aromatic N) is 5. The summed E-state index contributed by atoms with van der Waals surface area (Å²) in [6, 6.07) is 66.0. The summed E-state index contributed by atoms with van der Waals surface area (Å²) in [6.45, 7) is 0. The third-order valence-corrected chi connectivity index (χ3v) is 11.1. The van der Waals surface area contributed by atoms with Crippen LogP contribution in [0.5, 0.6) is 0 Å². The van der Waals surface area contributed by atoms with Crippen LogP contribution in [0.4, 0.5) is 0 Å². The fraction of sp³-hybridized carbons (Fsp3) is 0. The second-order valence-electron chi connectivity index (χ2n) is 14.0. The molecule has 0 aliphatic heterocycles. The Labute approximate surface area is 316 Å². The SMILES string of the molecule is N#Cc1ccc(-c2cccc(-n3c4ccccc4c4cccc(-n5c6ccccc6c6ccccc65)c43)c2)cc1-n1c2ccccc2c2c(C#N)cccc21. The van der Waals surface area contributed by atoms with Crippen LogP contribution in [0.15, 0.2) is 176 Å². The first-order chi connectivity index (χ1) is 27.2. The largest absolute Gasteiger partial charge is 0.308 e. The monoisotopic (exact) mass is 699 g/mol. The van der Waals surface area contributed by atoms with Crippen molar-refractivity contribution in [3.05, 3.63) is 187 Å². The van der Waals surface area contributed by atoms with Gasteiger partial charge in [-0.2, -0.15) is 10.5 Å². The number of benzene rings is 8. The maximum Gasteiger partial charge on any atom is 0.101 e. The van der Waals surface area contributed by atoms with Gasteiger partial charge >= 0.3 is 0 Å². The molecule has 5 nitrogen and oxygen atoms in total. The molecule has 3 aromatic heterocycles. The molecule has 0 amide bonds. The summed E-state index contributed by atoms with van der Waals surface area (Å²) < 4.78 is 6.93. The van der Waals surface area contributed by atoms with Gasteiger partial charge in [-0.3, -0.25) is 0 Å². The molecule has 254 valence electrons. The van der Waals surface area contributed by atoms with Crippen molar-refractivity contribution in [3.63, 3.8) is 0 Å². The topological polar surface area (TPSA) is 62.4 Å². The summed E-state index contributed by atoms with van der Waals surface area (Å²) in [5.41, 5.74) is 12.5. The standard InChI is InChI=1S/C50H29N5/c51-30-34-27-26-33(29-48(34)55-45-23-8-4-18-41(45)49-35(31-52)13-10-24-46(49)55)32-12-9-14-36(28-32)53-42-20-5-3-17-39(42)40-19-11-25-47(50(40)53)54-43-21-6-1-15-37(43)38-16-2-7-22-44(38)54/h1-29H. The molecule has 0 aliphatic rings. The Bertz CT molecular complexity index is 3420. The van der Waals surface area contributed by atoms with E-state index in [-0.39, 0.29) is 0 Å². The molecule has 3 heterocycles. The van der Waals surface area contributed by atoms with Crippen molar-refractivity contribution in [2.75, 3.05) is 0 Å². The molecule has 0 spiro atoms. The highest BCUT2D eigenvalue weighted by atomic mass is 15.1. The van der Waals surface area contributed by atoms with Crippen LogP contribution in [0.25, 0.3) is 93.6 Å². The van der Waals surface area contributed by atoms with Crippen molar-refractivity contribution >= 4 is 65.4 Å². The van der Waals surface area contributed by atoms with E-state index in [9.17, 15) is 10.5 Å². The molecule has 11 rings (SSSR count). The minimum absolute atomic E-state index is 0.558. The number of para-hydroxylation sites is 5. The van der Waals surface area contributed by atoms with E-state index in [1.54, 1.807) is 0 Å². The summed E-state index contributed by atoms with van der Waals surface area (Å²) >= 11 is 0. The molecule has 0 aliphatic carbocycles. The van der Waals surface area contributed by atoms with Gasteiger partial charge in [0.25, 0.3) is 0 Å². The zero-order valence-corrected chi connectivity index (χ0v) is 29.5. The molecule has 0 radical (unpaired) electrons. The molecule has 55 heavy (non-hydrogen) atoms. The number of hydrogen-bond acceptors (Lipinski definition) is 2. The Morgan fingerprint density at radius 1 is 0.345 bits per heavy atom. The van der Waals surface area contributed by atoms with Gasteiger partial charge in [-0.25, -0.2) is 0 Å². The van der Waals surface area contributed by atoms with E-state index in [2.05, 4.69) is 153 Å². The Morgan fingerprint density at radius 3 is 1.55 bits per heavy atom. The first-order valence-corrected chi connectivity index (χ1v) is 18.3. The van der Waals surface area contributed by atoms with E-state index in [1.165, 1.54) is 32.6 Å². The molecule has 0 atom stereocenters. The minimum Gasteiger partial charge on any atom is -0.308 e. The maximum atomic E-state index is 10.4. The molecule has 0 saturated heterocycles. The lowest BCUT2D eigenvalue weighted by molar-refractivity contribution is 1.13. The van der Waals surface area contributed by atoms with Crippen LogP contribution >= 0.6 is 0 Å². The lowest BCUT2D eigenvalue weighted by Gasteiger charge is -2.16. The van der Waals surface area contributed by atoms with Crippen LogP contribution in [0.2, 0.25) is 0 Å². The summed E-state index contributed by atoms with van der Waals surface area (Å²) in [7, 11) is 0. The molecule has 0 bridgehead atoms. The maximum absolute atomic E-state index is 10.4. The number of nitriles is 2. The third-order valence-electron chi connectivity index (χ3n) is 11.1. The fourth-order valence-electron chi connectivity index (χ4n) is 8.82. The van der Waals surface area contributed by atoms with Gasteiger partial charge in [0.1, 0.15) is 6.07 Å². The van der Waals surface area contributed by atoms with Crippen LogP contribution in [0.3, 0.4) is 0 Å². The van der Waals surface area contributed by atoms with Crippen LogP contribution in [0, 0.1) is 22.7 Å². The molecule has 0 N–H and O–H groups in total. The van der Waals surface area contributed by atoms with Gasteiger partial charge in [-0.1, -0.05) is 109 Å². The first kappa shape index (κ1) is 30.7. The van der Waals surface area contributed by atoms with Crippen molar-refractivity contribution in [3.8, 4) is 40.3 Å². The number of aromatic nitrogens is 3. The van der Waals surface area contributed by atoms with E-state index < -0.39 is 0 Å². The third kappa shape index (κ3) is 4.39. The summed E-state index contributed by atoms with van der Waals surface area (Å²) in [5.74, 6) is 0. The first-order valence-electron chi connectivity index (χ1n) is 18.3. The molecule has 5 heteroatoms. The molecule has 0 fully saturated rings. The van der Waals surface area contributed by atoms with Crippen molar-refractivity contribution < 1.29 is 0 Å². The lowest BCUT2D eigenvalue weighted by Crippen LogP contribution is -2.01.